The maximum atomic E-state index is 5.54. The van der Waals surface area contributed by atoms with Crippen LogP contribution in [-0.4, -0.2) is 19.5 Å². The first kappa shape index (κ1) is 10.0. The molecular formula is C10H20O2. The number of hydrogen-bond acceptors (Lipinski definition) is 2. The molecule has 0 aromatic carbocycles. The lowest BCUT2D eigenvalue weighted by Gasteiger charge is -2.31. The van der Waals surface area contributed by atoms with E-state index in [1.165, 1.54) is 6.42 Å². The largest absolute Gasteiger partial charge is 0.352 e. The zero-order valence-electron chi connectivity index (χ0n) is 8.38. The lowest BCUT2D eigenvalue weighted by atomic mass is 9.93. The van der Waals surface area contributed by atoms with E-state index in [2.05, 4.69) is 20.8 Å². The fourth-order valence-corrected chi connectivity index (χ4v) is 1.46. The first-order valence-corrected chi connectivity index (χ1v) is 5.01. The Balaban J connectivity index is 2.25. The standard InChI is InChI=1S/C10H20O2/c1-4-8(3)9-6-11-10(5-2)12-7-9/h8-10H,4-7H2,1-3H3. The molecule has 2 heteroatoms. The third kappa shape index (κ3) is 2.46. The van der Waals surface area contributed by atoms with Crippen LogP contribution in [0.15, 0.2) is 0 Å². The summed E-state index contributed by atoms with van der Waals surface area (Å²) in [4.78, 5) is 0. The molecule has 0 aromatic rings. The van der Waals surface area contributed by atoms with Crippen molar-refractivity contribution in [3.8, 4) is 0 Å². The molecule has 72 valence electrons. The van der Waals surface area contributed by atoms with Gasteiger partial charge in [-0.25, -0.2) is 0 Å². The van der Waals surface area contributed by atoms with Gasteiger partial charge in [-0.2, -0.15) is 0 Å². The van der Waals surface area contributed by atoms with Gasteiger partial charge in [0.05, 0.1) is 13.2 Å². The van der Waals surface area contributed by atoms with Crippen LogP contribution in [-0.2, 0) is 9.47 Å². The minimum atomic E-state index is 0.0605. The Labute approximate surface area is 75.2 Å². The molecule has 1 heterocycles. The Bertz CT molecular complexity index is 117. The number of hydrogen-bond donors (Lipinski definition) is 0. The summed E-state index contributed by atoms with van der Waals surface area (Å²) < 4.78 is 11.1. The van der Waals surface area contributed by atoms with E-state index in [1.54, 1.807) is 0 Å². The van der Waals surface area contributed by atoms with E-state index in [4.69, 9.17) is 9.47 Å². The maximum Gasteiger partial charge on any atom is 0.157 e. The highest BCUT2D eigenvalue weighted by atomic mass is 16.7. The topological polar surface area (TPSA) is 18.5 Å². The van der Waals surface area contributed by atoms with Gasteiger partial charge in [0.25, 0.3) is 0 Å². The van der Waals surface area contributed by atoms with Gasteiger partial charge in [0.1, 0.15) is 0 Å². The summed E-state index contributed by atoms with van der Waals surface area (Å²) in [7, 11) is 0. The molecule has 1 atom stereocenters. The van der Waals surface area contributed by atoms with E-state index in [0.717, 1.165) is 25.6 Å². The lowest BCUT2D eigenvalue weighted by Crippen LogP contribution is -2.34. The SMILES string of the molecule is CCC1OCC(C(C)CC)CO1. The minimum Gasteiger partial charge on any atom is -0.352 e. The van der Waals surface area contributed by atoms with Gasteiger partial charge in [-0.05, 0) is 12.3 Å². The Morgan fingerprint density at radius 2 is 1.83 bits per heavy atom. The molecule has 0 aliphatic carbocycles. The molecule has 0 saturated carbocycles. The predicted molar refractivity (Wildman–Crippen MR) is 48.9 cm³/mol. The second-order valence-corrected chi connectivity index (χ2v) is 3.65. The minimum absolute atomic E-state index is 0.0605. The van der Waals surface area contributed by atoms with Gasteiger partial charge in [-0.15, -0.1) is 0 Å². The third-order valence-electron chi connectivity index (χ3n) is 2.77. The van der Waals surface area contributed by atoms with Gasteiger partial charge in [0.15, 0.2) is 6.29 Å². The molecule has 1 aliphatic rings. The Hall–Kier alpha value is -0.0800. The van der Waals surface area contributed by atoms with Crippen LogP contribution < -0.4 is 0 Å². The molecule has 0 radical (unpaired) electrons. The van der Waals surface area contributed by atoms with E-state index in [0.29, 0.717) is 5.92 Å². The zero-order chi connectivity index (χ0) is 8.97. The summed E-state index contributed by atoms with van der Waals surface area (Å²) in [5.74, 6) is 1.33. The number of ether oxygens (including phenoxy) is 2. The van der Waals surface area contributed by atoms with Gasteiger partial charge in [0.2, 0.25) is 0 Å². The van der Waals surface area contributed by atoms with Crippen LogP contribution in [0.2, 0.25) is 0 Å². The van der Waals surface area contributed by atoms with E-state index in [1.807, 2.05) is 0 Å². The van der Waals surface area contributed by atoms with Crippen molar-refractivity contribution < 1.29 is 9.47 Å². The maximum absolute atomic E-state index is 5.54. The van der Waals surface area contributed by atoms with Gasteiger partial charge in [0, 0.05) is 5.92 Å². The smallest absolute Gasteiger partial charge is 0.157 e. The molecule has 0 aromatic heterocycles. The highest BCUT2D eigenvalue weighted by molar-refractivity contribution is 4.67. The van der Waals surface area contributed by atoms with E-state index in [9.17, 15) is 0 Å². The van der Waals surface area contributed by atoms with Crippen molar-refractivity contribution in [1.82, 2.24) is 0 Å². The quantitative estimate of drug-likeness (QED) is 0.651. The summed E-state index contributed by atoms with van der Waals surface area (Å²) in [6.45, 7) is 8.34. The van der Waals surface area contributed by atoms with Crippen molar-refractivity contribution in [2.45, 2.75) is 39.9 Å². The first-order valence-electron chi connectivity index (χ1n) is 5.01. The van der Waals surface area contributed by atoms with Crippen LogP contribution >= 0.6 is 0 Å². The second kappa shape index (κ2) is 4.83. The van der Waals surface area contributed by atoms with Crippen molar-refractivity contribution in [2.24, 2.45) is 11.8 Å². The predicted octanol–water partition coefficient (Wildman–Crippen LogP) is 2.43. The van der Waals surface area contributed by atoms with Crippen molar-refractivity contribution in [3.05, 3.63) is 0 Å². The van der Waals surface area contributed by atoms with E-state index in [-0.39, 0.29) is 6.29 Å². The molecule has 2 nitrogen and oxygen atoms in total. The summed E-state index contributed by atoms with van der Waals surface area (Å²) in [6.07, 6.45) is 2.24. The summed E-state index contributed by atoms with van der Waals surface area (Å²) >= 11 is 0. The molecule has 0 N–H and O–H groups in total. The molecule has 0 spiro atoms. The van der Waals surface area contributed by atoms with Crippen LogP contribution in [0.4, 0.5) is 0 Å². The zero-order valence-corrected chi connectivity index (χ0v) is 8.38. The second-order valence-electron chi connectivity index (χ2n) is 3.65. The molecule has 0 amide bonds. The van der Waals surface area contributed by atoms with E-state index >= 15 is 0 Å². The van der Waals surface area contributed by atoms with E-state index < -0.39 is 0 Å². The molecule has 1 rings (SSSR count). The molecular weight excluding hydrogens is 152 g/mol. The van der Waals surface area contributed by atoms with Gasteiger partial charge >= 0.3 is 0 Å². The fourth-order valence-electron chi connectivity index (χ4n) is 1.46. The van der Waals surface area contributed by atoms with Gasteiger partial charge < -0.3 is 9.47 Å². The molecule has 1 aliphatic heterocycles. The van der Waals surface area contributed by atoms with Crippen LogP contribution in [0.1, 0.15) is 33.6 Å². The molecule has 1 fully saturated rings. The van der Waals surface area contributed by atoms with Crippen molar-refractivity contribution in [2.75, 3.05) is 13.2 Å². The van der Waals surface area contributed by atoms with Crippen molar-refractivity contribution >= 4 is 0 Å². The third-order valence-corrected chi connectivity index (χ3v) is 2.77. The number of rotatable bonds is 3. The van der Waals surface area contributed by atoms with Crippen molar-refractivity contribution in [3.63, 3.8) is 0 Å². The highest BCUT2D eigenvalue weighted by Crippen LogP contribution is 2.22. The van der Waals surface area contributed by atoms with Crippen molar-refractivity contribution in [1.29, 1.82) is 0 Å². The normalized spacial score (nSPS) is 33.2. The fraction of sp³-hybridized carbons (Fsp3) is 1.00. The van der Waals surface area contributed by atoms with Crippen LogP contribution in [0.3, 0.4) is 0 Å². The first-order chi connectivity index (χ1) is 5.77. The highest BCUT2D eigenvalue weighted by Gasteiger charge is 2.24. The monoisotopic (exact) mass is 172 g/mol. The summed E-state index contributed by atoms with van der Waals surface area (Å²) in [5.41, 5.74) is 0. The molecule has 1 saturated heterocycles. The Morgan fingerprint density at radius 3 is 2.25 bits per heavy atom. The molecule has 1 unspecified atom stereocenters. The molecule has 12 heavy (non-hydrogen) atoms. The Morgan fingerprint density at radius 1 is 1.25 bits per heavy atom. The van der Waals surface area contributed by atoms with Crippen LogP contribution in [0.25, 0.3) is 0 Å². The average Bonchev–Trinajstić information content (AvgIpc) is 2.17. The lowest BCUT2D eigenvalue weighted by molar-refractivity contribution is -0.207. The summed E-state index contributed by atoms with van der Waals surface area (Å²) in [6, 6.07) is 0. The van der Waals surface area contributed by atoms with Gasteiger partial charge in [-0.3, -0.25) is 0 Å². The molecule has 0 bridgehead atoms. The average molecular weight is 172 g/mol. The summed E-state index contributed by atoms with van der Waals surface area (Å²) in [5, 5.41) is 0. The van der Waals surface area contributed by atoms with Crippen LogP contribution in [0.5, 0.6) is 0 Å². The Kier molecular flexibility index (Phi) is 4.02. The van der Waals surface area contributed by atoms with Crippen LogP contribution in [0, 0.1) is 11.8 Å². The van der Waals surface area contributed by atoms with Gasteiger partial charge in [-0.1, -0.05) is 27.2 Å².